The summed E-state index contributed by atoms with van der Waals surface area (Å²) in [5.41, 5.74) is 2.48. The summed E-state index contributed by atoms with van der Waals surface area (Å²) in [5, 5.41) is 0. The molecule has 2 heterocycles. The van der Waals surface area contributed by atoms with Gasteiger partial charge in [0.1, 0.15) is 5.82 Å². The first-order chi connectivity index (χ1) is 9.06. The van der Waals surface area contributed by atoms with E-state index in [4.69, 9.17) is 0 Å². The predicted octanol–water partition coefficient (Wildman–Crippen LogP) is 1.93. The van der Waals surface area contributed by atoms with E-state index in [1.54, 1.807) is 0 Å². The zero-order valence-corrected chi connectivity index (χ0v) is 11.9. The minimum atomic E-state index is 0.0896. The maximum absolute atomic E-state index is 12.2. The Bertz CT molecular complexity index is 512. The fourth-order valence-electron chi connectivity index (χ4n) is 3.39. The van der Waals surface area contributed by atoms with Crippen LogP contribution in [-0.2, 0) is 11.2 Å². The molecule has 102 valence electrons. The molecule has 0 bridgehead atoms. The topological polar surface area (TPSA) is 46.1 Å². The lowest BCUT2D eigenvalue weighted by molar-refractivity contribution is -0.133. The Labute approximate surface area is 114 Å². The van der Waals surface area contributed by atoms with Crippen LogP contribution in [0.2, 0.25) is 0 Å². The van der Waals surface area contributed by atoms with E-state index in [0.29, 0.717) is 11.8 Å². The molecule has 1 amide bonds. The number of likely N-dealkylation sites (tertiary alicyclic amines) is 1. The molecular weight excluding hydrogens is 238 g/mol. The third-order valence-electron chi connectivity index (χ3n) is 4.40. The summed E-state index contributed by atoms with van der Waals surface area (Å²) >= 11 is 0. The zero-order valence-electron chi connectivity index (χ0n) is 11.9. The number of rotatable bonds is 1. The molecular formula is C15H21N3O. The Balaban J connectivity index is 1.87. The van der Waals surface area contributed by atoms with Gasteiger partial charge in [-0.25, -0.2) is 9.97 Å². The van der Waals surface area contributed by atoms with Gasteiger partial charge >= 0.3 is 0 Å². The van der Waals surface area contributed by atoms with Crippen molar-refractivity contribution in [3.05, 3.63) is 23.3 Å². The van der Waals surface area contributed by atoms with Gasteiger partial charge in [-0.05, 0) is 31.2 Å². The van der Waals surface area contributed by atoms with Crippen LogP contribution >= 0.6 is 0 Å². The van der Waals surface area contributed by atoms with Crippen LogP contribution in [0.15, 0.2) is 6.20 Å². The summed E-state index contributed by atoms with van der Waals surface area (Å²) in [6.07, 6.45) is 4.19. The summed E-state index contributed by atoms with van der Waals surface area (Å²) in [6, 6.07) is 0. The van der Waals surface area contributed by atoms with Gasteiger partial charge in [0.25, 0.3) is 0 Å². The minimum Gasteiger partial charge on any atom is -0.341 e. The fourth-order valence-corrected chi connectivity index (χ4v) is 3.39. The van der Waals surface area contributed by atoms with Crippen molar-refractivity contribution < 1.29 is 4.79 Å². The first kappa shape index (κ1) is 12.6. The van der Waals surface area contributed by atoms with Crippen molar-refractivity contribution in [3.8, 4) is 0 Å². The van der Waals surface area contributed by atoms with Gasteiger partial charge < -0.3 is 4.90 Å². The van der Waals surface area contributed by atoms with Crippen LogP contribution in [0.5, 0.6) is 0 Å². The molecule has 0 radical (unpaired) electrons. The van der Waals surface area contributed by atoms with Crippen LogP contribution < -0.4 is 0 Å². The molecule has 2 atom stereocenters. The molecule has 0 spiro atoms. The van der Waals surface area contributed by atoms with Crippen molar-refractivity contribution in [1.82, 2.24) is 14.9 Å². The monoisotopic (exact) mass is 259 g/mol. The molecule has 1 aromatic rings. The smallest absolute Gasteiger partial charge is 0.225 e. The van der Waals surface area contributed by atoms with Gasteiger partial charge in [0.05, 0.1) is 5.69 Å². The Morgan fingerprint density at radius 1 is 1.42 bits per heavy atom. The van der Waals surface area contributed by atoms with Crippen LogP contribution in [0.25, 0.3) is 0 Å². The molecule has 4 nitrogen and oxygen atoms in total. The highest BCUT2D eigenvalue weighted by Crippen LogP contribution is 2.40. The number of carbonyl (C=O) groups excluding carboxylic acids is 1. The number of aromatic nitrogens is 2. The van der Waals surface area contributed by atoms with E-state index in [1.807, 2.05) is 31.9 Å². The third-order valence-corrected chi connectivity index (χ3v) is 4.40. The first-order valence-electron chi connectivity index (χ1n) is 7.17. The Morgan fingerprint density at radius 2 is 2.21 bits per heavy atom. The molecule has 3 rings (SSSR count). The first-order valence-corrected chi connectivity index (χ1v) is 7.17. The maximum atomic E-state index is 12.2. The van der Waals surface area contributed by atoms with Crippen LogP contribution in [0.1, 0.15) is 43.3 Å². The lowest BCUT2D eigenvalue weighted by atomic mass is 9.80. The number of carbonyl (C=O) groups is 1. The predicted molar refractivity (Wildman–Crippen MR) is 72.7 cm³/mol. The molecule has 0 saturated carbocycles. The van der Waals surface area contributed by atoms with Gasteiger partial charge in [0.2, 0.25) is 5.91 Å². The number of amides is 1. The Morgan fingerprint density at radius 3 is 2.95 bits per heavy atom. The van der Waals surface area contributed by atoms with E-state index in [9.17, 15) is 4.79 Å². The third kappa shape index (κ3) is 2.13. The lowest BCUT2D eigenvalue weighted by Gasteiger charge is -2.25. The van der Waals surface area contributed by atoms with Crippen LogP contribution in [0.3, 0.4) is 0 Å². The summed E-state index contributed by atoms with van der Waals surface area (Å²) < 4.78 is 0. The molecule has 0 unspecified atom stereocenters. The second-order valence-corrected chi connectivity index (χ2v) is 6.13. The van der Waals surface area contributed by atoms with Crippen molar-refractivity contribution in [1.29, 1.82) is 0 Å². The van der Waals surface area contributed by atoms with Crippen molar-refractivity contribution in [2.24, 2.45) is 11.8 Å². The summed E-state index contributed by atoms with van der Waals surface area (Å²) in [5.74, 6) is 2.22. The van der Waals surface area contributed by atoms with Gasteiger partial charge in [-0.1, -0.05) is 13.8 Å². The average molecular weight is 259 g/mol. The molecule has 4 heteroatoms. The van der Waals surface area contributed by atoms with Gasteiger partial charge in [-0.15, -0.1) is 0 Å². The highest BCUT2D eigenvalue weighted by atomic mass is 16.2. The van der Waals surface area contributed by atoms with E-state index < -0.39 is 0 Å². The van der Waals surface area contributed by atoms with E-state index in [2.05, 4.69) is 9.97 Å². The molecule has 1 aromatic heterocycles. The molecule has 19 heavy (non-hydrogen) atoms. The SMILES string of the molecule is Cc1ncc2c(n1)[C@H]1CN(C(=O)C(C)C)C[C@H]1CC2. The second kappa shape index (κ2) is 4.58. The summed E-state index contributed by atoms with van der Waals surface area (Å²) in [4.78, 5) is 23.1. The normalized spacial score (nSPS) is 25.4. The van der Waals surface area contributed by atoms with Crippen LogP contribution in [-0.4, -0.2) is 33.9 Å². The Kier molecular flexibility index (Phi) is 3.03. The van der Waals surface area contributed by atoms with Crippen LogP contribution in [0, 0.1) is 18.8 Å². The number of hydrogen-bond acceptors (Lipinski definition) is 3. The molecule has 0 N–H and O–H groups in total. The molecule has 1 saturated heterocycles. The quantitative estimate of drug-likeness (QED) is 0.774. The maximum Gasteiger partial charge on any atom is 0.225 e. The second-order valence-electron chi connectivity index (χ2n) is 6.13. The summed E-state index contributed by atoms with van der Waals surface area (Å²) in [6.45, 7) is 7.64. The summed E-state index contributed by atoms with van der Waals surface area (Å²) in [7, 11) is 0. The highest BCUT2D eigenvalue weighted by molar-refractivity contribution is 5.78. The number of aryl methyl sites for hydroxylation is 2. The zero-order chi connectivity index (χ0) is 13.6. The van der Waals surface area contributed by atoms with Gasteiger partial charge in [0, 0.05) is 31.1 Å². The number of nitrogens with zero attached hydrogens (tertiary/aromatic N) is 3. The van der Waals surface area contributed by atoms with Crippen molar-refractivity contribution in [2.75, 3.05) is 13.1 Å². The molecule has 2 aliphatic rings. The fraction of sp³-hybridized carbons (Fsp3) is 0.667. The number of fused-ring (bicyclic) bond motifs is 3. The minimum absolute atomic E-state index is 0.0896. The lowest BCUT2D eigenvalue weighted by Crippen LogP contribution is -2.32. The molecule has 1 aliphatic heterocycles. The highest BCUT2D eigenvalue weighted by Gasteiger charge is 2.40. The molecule has 1 aliphatic carbocycles. The van der Waals surface area contributed by atoms with Gasteiger partial charge in [0.15, 0.2) is 0 Å². The van der Waals surface area contributed by atoms with E-state index in [0.717, 1.165) is 31.8 Å². The Hall–Kier alpha value is -1.45. The van der Waals surface area contributed by atoms with Crippen molar-refractivity contribution in [2.45, 2.75) is 39.5 Å². The van der Waals surface area contributed by atoms with Crippen molar-refractivity contribution in [3.63, 3.8) is 0 Å². The standard InChI is InChI=1S/C15H21N3O/c1-9(2)15(19)18-7-12-5-4-11-6-16-10(3)17-14(11)13(12)8-18/h6,9,12-13H,4-5,7-8H2,1-3H3/t12-,13+/m1/s1. The van der Waals surface area contributed by atoms with E-state index >= 15 is 0 Å². The van der Waals surface area contributed by atoms with Crippen molar-refractivity contribution >= 4 is 5.91 Å². The number of hydrogen-bond donors (Lipinski definition) is 0. The van der Waals surface area contributed by atoms with Crippen LogP contribution in [0.4, 0.5) is 0 Å². The van der Waals surface area contributed by atoms with E-state index in [-0.39, 0.29) is 11.8 Å². The van der Waals surface area contributed by atoms with Gasteiger partial charge in [-0.2, -0.15) is 0 Å². The molecule has 0 aromatic carbocycles. The largest absolute Gasteiger partial charge is 0.341 e. The average Bonchev–Trinajstić information content (AvgIpc) is 2.81. The molecule has 1 fully saturated rings. The van der Waals surface area contributed by atoms with Gasteiger partial charge in [-0.3, -0.25) is 4.79 Å². The van der Waals surface area contributed by atoms with E-state index in [1.165, 1.54) is 11.3 Å².